The van der Waals surface area contributed by atoms with Crippen molar-refractivity contribution in [3.05, 3.63) is 28.0 Å². The molecular formula is C14H17BrFNO2. The molecule has 1 saturated heterocycles. The normalized spacial score (nSPS) is 23.5. The summed E-state index contributed by atoms with van der Waals surface area (Å²) in [6.45, 7) is 5.92. The summed E-state index contributed by atoms with van der Waals surface area (Å²) in [7, 11) is 0. The summed E-state index contributed by atoms with van der Waals surface area (Å²) in [5, 5.41) is 8.97. The quantitative estimate of drug-likeness (QED) is 0.897. The average molecular weight is 330 g/mol. The molecule has 0 aliphatic carbocycles. The van der Waals surface area contributed by atoms with Gasteiger partial charge in [0.15, 0.2) is 5.82 Å². The van der Waals surface area contributed by atoms with Gasteiger partial charge in [-0.15, -0.1) is 0 Å². The van der Waals surface area contributed by atoms with Gasteiger partial charge in [0.25, 0.3) is 0 Å². The number of piperidine rings is 1. The van der Waals surface area contributed by atoms with E-state index in [2.05, 4.69) is 29.8 Å². The first-order valence-electron chi connectivity index (χ1n) is 6.36. The number of aromatic carboxylic acids is 1. The second-order valence-electron chi connectivity index (χ2n) is 5.42. The summed E-state index contributed by atoms with van der Waals surface area (Å²) in [4.78, 5) is 13.0. The topological polar surface area (TPSA) is 40.5 Å². The molecule has 0 aromatic heterocycles. The largest absolute Gasteiger partial charge is 0.478 e. The highest BCUT2D eigenvalue weighted by Gasteiger charge is 2.25. The average Bonchev–Trinajstić information content (AvgIpc) is 2.30. The number of nitrogens with zero attached hydrogens (tertiary/aromatic N) is 1. The van der Waals surface area contributed by atoms with E-state index in [1.54, 1.807) is 6.07 Å². The van der Waals surface area contributed by atoms with Gasteiger partial charge in [0.2, 0.25) is 0 Å². The Bertz CT molecular complexity index is 496. The fourth-order valence-electron chi connectivity index (χ4n) is 2.81. The lowest BCUT2D eigenvalue weighted by atomic mass is 9.91. The minimum absolute atomic E-state index is 0.0309. The van der Waals surface area contributed by atoms with Crippen LogP contribution in [0.1, 0.15) is 30.6 Å². The maximum Gasteiger partial charge on any atom is 0.336 e. The highest BCUT2D eigenvalue weighted by atomic mass is 79.9. The van der Waals surface area contributed by atoms with Crippen LogP contribution < -0.4 is 4.90 Å². The van der Waals surface area contributed by atoms with E-state index in [1.807, 2.05) is 4.90 Å². The van der Waals surface area contributed by atoms with E-state index < -0.39 is 11.8 Å². The van der Waals surface area contributed by atoms with Crippen molar-refractivity contribution in [2.45, 2.75) is 20.3 Å². The fourth-order valence-corrected chi connectivity index (χ4v) is 3.31. The Morgan fingerprint density at radius 1 is 1.37 bits per heavy atom. The molecule has 0 saturated carbocycles. The third-order valence-electron chi connectivity index (χ3n) is 3.50. The van der Waals surface area contributed by atoms with Crippen LogP contribution in [0.15, 0.2) is 16.6 Å². The van der Waals surface area contributed by atoms with Gasteiger partial charge in [0.1, 0.15) is 0 Å². The smallest absolute Gasteiger partial charge is 0.336 e. The molecule has 19 heavy (non-hydrogen) atoms. The molecule has 2 atom stereocenters. The van der Waals surface area contributed by atoms with Crippen LogP contribution in [0.4, 0.5) is 10.1 Å². The number of carbonyl (C=O) groups is 1. The molecular weight excluding hydrogens is 313 g/mol. The molecule has 2 unspecified atom stereocenters. The second kappa shape index (κ2) is 5.49. The standard InChI is InChI=1S/C14H17BrFNO2/c1-8-5-9(2)7-17(6-8)11-4-3-10(14(18)19)12(15)13(11)16/h3-4,8-9H,5-7H2,1-2H3,(H,18,19). The zero-order valence-electron chi connectivity index (χ0n) is 11.0. The molecule has 1 aliphatic heterocycles. The van der Waals surface area contributed by atoms with Crippen LogP contribution in [0.5, 0.6) is 0 Å². The van der Waals surface area contributed by atoms with E-state index in [0.717, 1.165) is 19.5 Å². The SMILES string of the molecule is CC1CC(C)CN(c2ccc(C(=O)O)c(Br)c2F)C1. The Labute approximate surface area is 120 Å². The molecule has 1 fully saturated rings. The summed E-state index contributed by atoms with van der Waals surface area (Å²) < 4.78 is 14.3. The zero-order chi connectivity index (χ0) is 14.2. The van der Waals surface area contributed by atoms with Crippen molar-refractivity contribution in [1.29, 1.82) is 0 Å². The Balaban J connectivity index is 2.35. The first-order valence-corrected chi connectivity index (χ1v) is 7.15. The van der Waals surface area contributed by atoms with Gasteiger partial charge in [-0.25, -0.2) is 9.18 Å². The predicted molar refractivity (Wildman–Crippen MR) is 76.2 cm³/mol. The highest BCUT2D eigenvalue weighted by molar-refractivity contribution is 9.10. The van der Waals surface area contributed by atoms with Crippen LogP contribution in [0.2, 0.25) is 0 Å². The van der Waals surface area contributed by atoms with Gasteiger partial charge < -0.3 is 10.0 Å². The summed E-state index contributed by atoms with van der Waals surface area (Å²) in [5.74, 6) is -0.582. The van der Waals surface area contributed by atoms with Crippen LogP contribution in [-0.4, -0.2) is 24.2 Å². The van der Waals surface area contributed by atoms with Crippen molar-refractivity contribution in [2.24, 2.45) is 11.8 Å². The van der Waals surface area contributed by atoms with Crippen molar-refractivity contribution >= 4 is 27.6 Å². The Morgan fingerprint density at radius 2 is 1.95 bits per heavy atom. The van der Waals surface area contributed by atoms with Crippen LogP contribution in [-0.2, 0) is 0 Å². The zero-order valence-corrected chi connectivity index (χ0v) is 12.6. The molecule has 1 aliphatic rings. The summed E-state index contributed by atoms with van der Waals surface area (Å²) in [5.41, 5.74) is 0.439. The maximum absolute atomic E-state index is 14.3. The van der Waals surface area contributed by atoms with Crippen LogP contribution >= 0.6 is 15.9 Å². The van der Waals surface area contributed by atoms with Gasteiger partial charge >= 0.3 is 5.97 Å². The number of halogens is 2. The number of carboxylic acids is 1. The minimum Gasteiger partial charge on any atom is -0.478 e. The van der Waals surface area contributed by atoms with Crippen LogP contribution in [0, 0.1) is 17.7 Å². The van der Waals surface area contributed by atoms with E-state index in [0.29, 0.717) is 17.5 Å². The van der Waals surface area contributed by atoms with Crippen molar-refractivity contribution < 1.29 is 14.3 Å². The molecule has 5 heteroatoms. The summed E-state index contributed by atoms with van der Waals surface area (Å²) >= 11 is 3.05. The molecule has 0 bridgehead atoms. The Hall–Kier alpha value is -1.10. The number of rotatable bonds is 2. The maximum atomic E-state index is 14.3. The first-order chi connectivity index (χ1) is 8.90. The van der Waals surface area contributed by atoms with E-state index in [1.165, 1.54) is 6.07 Å². The third kappa shape index (κ3) is 2.91. The molecule has 2 rings (SSSR count). The summed E-state index contributed by atoms with van der Waals surface area (Å²) in [6, 6.07) is 3.02. The van der Waals surface area contributed by atoms with E-state index in [9.17, 15) is 9.18 Å². The minimum atomic E-state index is -1.13. The number of benzene rings is 1. The van der Waals surface area contributed by atoms with Crippen molar-refractivity contribution in [3.8, 4) is 0 Å². The molecule has 1 aromatic carbocycles. The lowest BCUT2D eigenvalue weighted by molar-refractivity contribution is 0.0695. The van der Waals surface area contributed by atoms with Gasteiger partial charge in [-0.2, -0.15) is 0 Å². The lowest BCUT2D eigenvalue weighted by Gasteiger charge is -2.37. The second-order valence-corrected chi connectivity index (χ2v) is 6.21. The van der Waals surface area contributed by atoms with Crippen LogP contribution in [0.25, 0.3) is 0 Å². The van der Waals surface area contributed by atoms with E-state index in [4.69, 9.17) is 5.11 Å². The van der Waals surface area contributed by atoms with E-state index >= 15 is 0 Å². The van der Waals surface area contributed by atoms with Crippen molar-refractivity contribution in [2.75, 3.05) is 18.0 Å². The molecule has 0 radical (unpaired) electrons. The molecule has 104 valence electrons. The number of hydrogen-bond acceptors (Lipinski definition) is 2. The molecule has 1 heterocycles. The van der Waals surface area contributed by atoms with Gasteiger partial charge in [-0.3, -0.25) is 0 Å². The van der Waals surface area contributed by atoms with Crippen LogP contribution in [0.3, 0.4) is 0 Å². The first kappa shape index (κ1) is 14.3. The summed E-state index contributed by atoms with van der Waals surface area (Å²) in [6.07, 6.45) is 1.15. The number of anilines is 1. The van der Waals surface area contributed by atoms with E-state index in [-0.39, 0.29) is 10.0 Å². The van der Waals surface area contributed by atoms with Crippen molar-refractivity contribution in [3.63, 3.8) is 0 Å². The monoisotopic (exact) mass is 329 g/mol. The lowest BCUT2D eigenvalue weighted by Crippen LogP contribution is -2.39. The van der Waals surface area contributed by atoms with Gasteiger partial charge in [-0.05, 0) is 46.3 Å². The molecule has 1 N–H and O–H groups in total. The molecule has 0 amide bonds. The number of hydrogen-bond donors (Lipinski definition) is 1. The fraction of sp³-hybridized carbons (Fsp3) is 0.500. The molecule has 0 spiro atoms. The van der Waals surface area contributed by atoms with Gasteiger partial charge in [-0.1, -0.05) is 13.8 Å². The van der Waals surface area contributed by atoms with Gasteiger partial charge in [0, 0.05) is 13.1 Å². The van der Waals surface area contributed by atoms with Gasteiger partial charge in [0.05, 0.1) is 15.7 Å². The molecule has 1 aromatic rings. The number of carboxylic acid groups (broad SMARTS) is 1. The predicted octanol–water partition coefficient (Wildman–Crippen LogP) is 3.77. The Kier molecular flexibility index (Phi) is 4.13. The third-order valence-corrected chi connectivity index (χ3v) is 4.28. The highest BCUT2D eigenvalue weighted by Crippen LogP contribution is 2.33. The Morgan fingerprint density at radius 3 is 2.47 bits per heavy atom. The van der Waals surface area contributed by atoms with Crippen molar-refractivity contribution in [1.82, 2.24) is 0 Å². The molecule has 3 nitrogen and oxygen atoms in total.